The molecule has 1 N–H and O–H groups in total. The maximum Gasteiger partial charge on any atom is 0.311 e. The molecule has 0 radical (unpaired) electrons. The second kappa shape index (κ2) is 3.37. The Balaban J connectivity index is 2.46. The molecule has 2 aromatic rings. The third-order valence-electron chi connectivity index (χ3n) is 1.71. The highest BCUT2D eigenvalue weighted by molar-refractivity contribution is 5.74. The molecule has 70 valence electrons. The minimum absolute atomic E-state index is 0.174. The number of hydrogen-bond acceptors (Lipinski definition) is 4. The van der Waals surface area contributed by atoms with Crippen molar-refractivity contribution in [2.24, 2.45) is 0 Å². The number of hydrogen-bond donors (Lipinski definition) is 1. The lowest BCUT2D eigenvalue weighted by Gasteiger charge is -1.97. The van der Waals surface area contributed by atoms with E-state index in [0.717, 1.165) is 5.39 Å². The summed E-state index contributed by atoms with van der Waals surface area (Å²) in [6.45, 7) is 0. The molecule has 0 saturated carbocycles. The first-order valence-corrected chi connectivity index (χ1v) is 4.04. The van der Waals surface area contributed by atoms with Crippen molar-refractivity contribution >= 4 is 17.0 Å². The summed E-state index contributed by atoms with van der Waals surface area (Å²) < 4.78 is 0. The third-order valence-corrected chi connectivity index (χ3v) is 1.71. The molecule has 14 heavy (non-hydrogen) atoms. The van der Waals surface area contributed by atoms with Gasteiger partial charge in [0.05, 0.1) is 0 Å². The molecule has 2 rings (SSSR count). The van der Waals surface area contributed by atoms with E-state index in [1.807, 2.05) is 6.07 Å². The van der Waals surface area contributed by atoms with Crippen LogP contribution >= 0.6 is 0 Å². The molecule has 2 heterocycles. The van der Waals surface area contributed by atoms with Gasteiger partial charge < -0.3 is 5.11 Å². The van der Waals surface area contributed by atoms with Crippen LogP contribution in [0.1, 0.15) is 5.82 Å². The maximum absolute atomic E-state index is 10.4. The van der Waals surface area contributed by atoms with Crippen LogP contribution < -0.4 is 0 Å². The van der Waals surface area contributed by atoms with Crippen LogP contribution in [0.15, 0.2) is 24.5 Å². The summed E-state index contributed by atoms with van der Waals surface area (Å²) in [6.07, 6.45) is 3.01. The van der Waals surface area contributed by atoms with Crippen LogP contribution in [0.2, 0.25) is 0 Å². The van der Waals surface area contributed by atoms with Gasteiger partial charge in [-0.05, 0) is 12.1 Å². The Labute approximate surface area is 79.5 Å². The van der Waals surface area contributed by atoms with Crippen LogP contribution in [-0.4, -0.2) is 26.0 Å². The predicted molar refractivity (Wildman–Crippen MR) is 48.7 cm³/mol. The molecule has 0 aromatic carbocycles. The first kappa shape index (κ1) is 8.55. The topological polar surface area (TPSA) is 76.0 Å². The van der Waals surface area contributed by atoms with Crippen molar-refractivity contribution in [2.45, 2.75) is 6.42 Å². The summed E-state index contributed by atoms with van der Waals surface area (Å²) in [5, 5.41) is 9.35. The monoisotopic (exact) mass is 189 g/mol. The Morgan fingerprint density at radius 3 is 3.07 bits per heavy atom. The van der Waals surface area contributed by atoms with Gasteiger partial charge in [0.25, 0.3) is 0 Å². The molecule has 0 aliphatic rings. The van der Waals surface area contributed by atoms with Crippen molar-refractivity contribution in [3.63, 3.8) is 0 Å². The van der Waals surface area contributed by atoms with Crippen LogP contribution in [0.25, 0.3) is 11.0 Å². The molecule has 0 spiro atoms. The van der Waals surface area contributed by atoms with Crippen molar-refractivity contribution in [2.75, 3.05) is 0 Å². The number of aliphatic carboxylic acids is 1. The lowest BCUT2D eigenvalue weighted by atomic mass is 10.3. The normalized spacial score (nSPS) is 10.3. The second-order valence-corrected chi connectivity index (χ2v) is 2.77. The SMILES string of the molecule is O=C(O)Cc1ncc2cccnc2n1. The first-order chi connectivity index (χ1) is 6.75. The highest BCUT2D eigenvalue weighted by Crippen LogP contribution is 2.06. The molecule has 0 fully saturated rings. The molecule has 0 saturated heterocycles. The second-order valence-electron chi connectivity index (χ2n) is 2.77. The van der Waals surface area contributed by atoms with Crippen molar-refractivity contribution in [3.8, 4) is 0 Å². The highest BCUT2D eigenvalue weighted by Gasteiger charge is 2.04. The molecular weight excluding hydrogens is 182 g/mol. The zero-order valence-electron chi connectivity index (χ0n) is 7.21. The Hall–Kier alpha value is -2.04. The lowest BCUT2D eigenvalue weighted by Crippen LogP contribution is -2.04. The van der Waals surface area contributed by atoms with Gasteiger partial charge in [-0.15, -0.1) is 0 Å². The molecule has 0 amide bonds. The number of nitrogens with zero attached hydrogens (tertiary/aromatic N) is 3. The van der Waals surface area contributed by atoms with E-state index in [4.69, 9.17) is 5.11 Å². The van der Waals surface area contributed by atoms with E-state index in [-0.39, 0.29) is 12.2 Å². The first-order valence-electron chi connectivity index (χ1n) is 4.04. The van der Waals surface area contributed by atoms with Gasteiger partial charge in [0.15, 0.2) is 5.65 Å². The van der Waals surface area contributed by atoms with E-state index < -0.39 is 5.97 Å². The smallest absolute Gasteiger partial charge is 0.311 e. The Morgan fingerprint density at radius 1 is 1.43 bits per heavy atom. The lowest BCUT2D eigenvalue weighted by molar-refractivity contribution is -0.136. The number of pyridine rings is 1. The summed E-state index contributed by atoms with van der Waals surface area (Å²) in [4.78, 5) is 22.3. The Morgan fingerprint density at radius 2 is 2.29 bits per heavy atom. The number of fused-ring (bicyclic) bond motifs is 1. The van der Waals surface area contributed by atoms with Crippen molar-refractivity contribution in [1.82, 2.24) is 15.0 Å². The number of aromatic nitrogens is 3. The molecule has 5 heteroatoms. The molecule has 0 bridgehead atoms. The van der Waals surface area contributed by atoms with Crippen LogP contribution in [-0.2, 0) is 11.2 Å². The molecule has 0 atom stereocenters. The minimum Gasteiger partial charge on any atom is -0.481 e. The van der Waals surface area contributed by atoms with E-state index in [1.165, 1.54) is 0 Å². The van der Waals surface area contributed by atoms with Crippen molar-refractivity contribution in [3.05, 3.63) is 30.4 Å². The summed E-state index contributed by atoms with van der Waals surface area (Å²) >= 11 is 0. The van der Waals surface area contributed by atoms with Gasteiger partial charge in [-0.2, -0.15) is 0 Å². The van der Waals surface area contributed by atoms with E-state index >= 15 is 0 Å². The standard InChI is InChI=1S/C9H7N3O2/c13-8(14)4-7-11-5-6-2-1-3-10-9(6)12-7/h1-3,5H,4H2,(H,13,14). The van der Waals surface area contributed by atoms with E-state index in [1.54, 1.807) is 18.5 Å². The molecule has 0 aliphatic heterocycles. The average molecular weight is 189 g/mol. The maximum atomic E-state index is 10.4. The fourth-order valence-electron chi connectivity index (χ4n) is 1.12. The quantitative estimate of drug-likeness (QED) is 0.750. The fraction of sp³-hybridized carbons (Fsp3) is 0.111. The van der Waals surface area contributed by atoms with Gasteiger partial charge in [-0.3, -0.25) is 4.79 Å². The zero-order chi connectivity index (χ0) is 9.97. The van der Waals surface area contributed by atoms with Gasteiger partial charge in [0.2, 0.25) is 0 Å². The van der Waals surface area contributed by atoms with Gasteiger partial charge in [-0.1, -0.05) is 0 Å². The molecular formula is C9H7N3O2. The predicted octanol–water partition coefficient (Wildman–Crippen LogP) is 0.652. The van der Waals surface area contributed by atoms with Gasteiger partial charge in [0.1, 0.15) is 12.2 Å². The van der Waals surface area contributed by atoms with Gasteiger partial charge in [-0.25, -0.2) is 15.0 Å². The van der Waals surface area contributed by atoms with E-state index in [9.17, 15) is 4.79 Å². The van der Waals surface area contributed by atoms with E-state index in [2.05, 4.69) is 15.0 Å². The third kappa shape index (κ3) is 1.66. The molecule has 0 unspecified atom stereocenters. The average Bonchev–Trinajstić information content (AvgIpc) is 2.17. The van der Waals surface area contributed by atoms with Crippen molar-refractivity contribution < 1.29 is 9.90 Å². The molecule has 0 aliphatic carbocycles. The molecule has 2 aromatic heterocycles. The number of rotatable bonds is 2. The number of carboxylic acids is 1. The summed E-state index contributed by atoms with van der Waals surface area (Å²) in [5.41, 5.74) is 0.527. The van der Waals surface area contributed by atoms with Crippen LogP contribution in [0, 0.1) is 0 Å². The van der Waals surface area contributed by atoms with Crippen molar-refractivity contribution in [1.29, 1.82) is 0 Å². The van der Waals surface area contributed by atoms with Gasteiger partial charge >= 0.3 is 5.97 Å². The minimum atomic E-state index is -0.944. The Kier molecular flexibility index (Phi) is 2.06. The summed E-state index contributed by atoms with van der Waals surface area (Å²) in [6, 6.07) is 3.61. The summed E-state index contributed by atoms with van der Waals surface area (Å²) in [7, 11) is 0. The van der Waals surface area contributed by atoms with Crippen LogP contribution in [0.3, 0.4) is 0 Å². The highest BCUT2D eigenvalue weighted by atomic mass is 16.4. The summed E-state index contributed by atoms with van der Waals surface area (Å²) in [5.74, 6) is -0.663. The largest absolute Gasteiger partial charge is 0.481 e. The zero-order valence-corrected chi connectivity index (χ0v) is 7.21. The fourth-order valence-corrected chi connectivity index (χ4v) is 1.12. The van der Waals surface area contributed by atoms with Crippen LogP contribution in [0.4, 0.5) is 0 Å². The van der Waals surface area contributed by atoms with E-state index in [0.29, 0.717) is 5.65 Å². The Bertz CT molecular complexity index is 484. The molecule has 5 nitrogen and oxygen atoms in total. The number of carbonyl (C=O) groups is 1. The number of carboxylic acid groups (broad SMARTS) is 1. The van der Waals surface area contributed by atoms with Gasteiger partial charge in [0, 0.05) is 17.8 Å². The van der Waals surface area contributed by atoms with Crippen LogP contribution in [0.5, 0.6) is 0 Å².